The van der Waals surface area contributed by atoms with Crippen LogP contribution in [0.3, 0.4) is 0 Å². The lowest BCUT2D eigenvalue weighted by molar-refractivity contribution is -0.141. The summed E-state index contributed by atoms with van der Waals surface area (Å²) in [4.78, 5) is 0. The third-order valence-electron chi connectivity index (χ3n) is 4.51. The maximum absolute atomic E-state index is 12.7. The summed E-state index contributed by atoms with van der Waals surface area (Å²) in [7, 11) is 0. The van der Waals surface area contributed by atoms with Crippen molar-refractivity contribution in [2.75, 3.05) is 6.54 Å². The zero-order valence-corrected chi connectivity index (χ0v) is 14.0. The van der Waals surface area contributed by atoms with Crippen LogP contribution in [0.5, 0.6) is 5.75 Å². The summed E-state index contributed by atoms with van der Waals surface area (Å²) in [5.41, 5.74) is 3.82. The van der Waals surface area contributed by atoms with Crippen molar-refractivity contribution in [3.63, 3.8) is 0 Å². The molecular weight excluding hydrogens is 343 g/mol. The molecule has 1 aliphatic heterocycles. The fraction of sp³-hybridized carbons (Fsp3) is 0.316. The van der Waals surface area contributed by atoms with Gasteiger partial charge < -0.3 is 10.1 Å². The van der Waals surface area contributed by atoms with Crippen LogP contribution in [0.4, 0.5) is 13.2 Å². The number of rotatable bonds is 4. The highest BCUT2D eigenvalue weighted by Gasteiger charge is 2.29. The number of benzene rings is 2. The second-order valence-electron chi connectivity index (χ2n) is 6.46. The van der Waals surface area contributed by atoms with Crippen molar-refractivity contribution in [3.05, 3.63) is 59.3 Å². The molecule has 2 aromatic carbocycles. The summed E-state index contributed by atoms with van der Waals surface area (Å²) in [6.45, 7) is 1.01. The van der Waals surface area contributed by atoms with Crippen molar-refractivity contribution in [3.8, 4) is 5.75 Å². The molecule has 4 nitrogen and oxygen atoms in total. The number of halogens is 3. The molecule has 0 radical (unpaired) electrons. The maximum Gasteiger partial charge on any atom is 0.408 e. The van der Waals surface area contributed by atoms with Crippen LogP contribution in [-0.4, -0.2) is 22.5 Å². The first-order valence-corrected chi connectivity index (χ1v) is 8.44. The van der Waals surface area contributed by atoms with Gasteiger partial charge in [0, 0.05) is 11.9 Å². The van der Waals surface area contributed by atoms with Crippen LogP contribution in [0.1, 0.15) is 16.7 Å². The van der Waals surface area contributed by atoms with Gasteiger partial charge in [-0.3, -0.25) is 4.68 Å². The fourth-order valence-corrected chi connectivity index (χ4v) is 3.21. The molecule has 0 amide bonds. The quantitative estimate of drug-likeness (QED) is 0.768. The van der Waals surface area contributed by atoms with E-state index in [-0.39, 0.29) is 0 Å². The van der Waals surface area contributed by atoms with Gasteiger partial charge in [-0.1, -0.05) is 18.2 Å². The summed E-state index contributed by atoms with van der Waals surface area (Å²) >= 11 is 0. The Bertz CT molecular complexity index is 933. The lowest BCUT2D eigenvalue weighted by atomic mass is 10.0. The molecule has 7 heteroatoms. The second kappa shape index (κ2) is 6.64. The summed E-state index contributed by atoms with van der Waals surface area (Å²) in [5.74, 6) is 0.761. The second-order valence-corrected chi connectivity index (χ2v) is 6.46. The molecule has 0 fully saturated rings. The first kappa shape index (κ1) is 16.9. The first-order valence-electron chi connectivity index (χ1n) is 8.44. The van der Waals surface area contributed by atoms with E-state index in [0.717, 1.165) is 35.5 Å². The van der Waals surface area contributed by atoms with E-state index >= 15 is 0 Å². The maximum atomic E-state index is 12.7. The van der Waals surface area contributed by atoms with E-state index in [1.807, 2.05) is 18.2 Å². The molecule has 0 spiro atoms. The van der Waals surface area contributed by atoms with Crippen molar-refractivity contribution >= 4 is 10.9 Å². The molecule has 0 unspecified atom stereocenters. The van der Waals surface area contributed by atoms with E-state index in [4.69, 9.17) is 4.74 Å². The minimum Gasteiger partial charge on any atom is -0.489 e. The molecule has 0 aliphatic carbocycles. The van der Waals surface area contributed by atoms with E-state index in [1.165, 1.54) is 17.3 Å². The highest BCUT2D eigenvalue weighted by molar-refractivity contribution is 5.79. The van der Waals surface area contributed by atoms with Gasteiger partial charge in [-0.15, -0.1) is 0 Å². The van der Waals surface area contributed by atoms with Crippen LogP contribution in [-0.2, 0) is 26.1 Å². The SMILES string of the molecule is FC(F)(F)Cn1ncc2ccc(COc3ccc4c(c3)CNCC4)cc21. The molecule has 26 heavy (non-hydrogen) atoms. The Morgan fingerprint density at radius 2 is 2.00 bits per heavy atom. The zero-order chi connectivity index (χ0) is 18.1. The van der Waals surface area contributed by atoms with Crippen LogP contribution in [0.2, 0.25) is 0 Å². The summed E-state index contributed by atoms with van der Waals surface area (Å²) < 4.78 is 44.8. The molecule has 0 saturated heterocycles. The van der Waals surface area contributed by atoms with E-state index < -0.39 is 12.7 Å². The Morgan fingerprint density at radius 1 is 1.12 bits per heavy atom. The molecule has 136 valence electrons. The molecule has 4 rings (SSSR count). The highest BCUT2D eigenvalue weighted by atomic mass is 19.4. The molecule has 0 saturated carbocycles. The third kappa shape index (κ3) is 3.67. The Labute approximate surface area is 148 Å². The number of aromatic nitrogens is 2. The molecule has 0 bridgehead atoms. The van der Waals surface area contributed by atoms with Gasteiger partial charge in [0.05, 0.1) is 11.7 Å². The molecular formula is C19H18F3N3O. The van der Waals surface area contributed by atoms with E-state index in [2.05, 4.69) is 16.5 Å². The van der Waals surface area contributed by atoms with Crippen molar-refractivity contribution in [1.29, 1.82) is 0 Å². The van der Waals surface area contributed by atoms with Crippen molar-refractivity contribution in [1.82, 2.24) is 15.1 Å². The number of nitrogens with one attached hydrogen (secondary N) is 1. The minimum atomic E-state index is -4.30. The molecule has 1 N–H and O–H groups in total. The topological polar surface area (TPSA) is 39.1 Å². The summed E-state index contributed by atoms with van der Waals surface area (Å²) in [6.07, 6.45) is -1.85. The average molecular weight is 361 g/mol. The number of alkyl halides is 3. The molecule has 0 atom stereocenters. The molecule has 3 aromatic rings. The Balaban J connectivity index is 1.51. The van der Waals surface area contributed by atoms with Gasteiger partial charge in [0.2, 0.25) is 0 Å². The first-order chi connectivity index (χ1) is 12.5. The van der Waals surface area contributed by atoms with Crippen LogP contribution in [0, 0.1) is 0 Å². The normalized spacial score (nSPS) is 14.4. The van der Waals surface area contributed by atoms with Gasteiger partial charge in [0.1, 0.15) is 18.9 Å². The number of nitrogens with zero attached hydrogens (tertiary/aromatic N) is 2. The van der Waals surface area contributed by atoms with Crippen LogP contribution in [0.15, 0.2) is 42.6 Å². The molecule has 1 aromatic heterocycles. The monoisotopic (exact) mass is 361 g/mol. The van der Waals surface area contributed by atoms with Crippen LogP contribution in [0.25, 0.3) is 10.9 Å². The van der Waals surface area contributed by atoms with Crippen molar-refractivity contribution < 1.29 is 17.9 Å². The average Bonchev–Trinajstić information content (AvgIpc) is 3.00. The van der Waals surface area contributed by atoms with E-state index in [1.54, 1.807) is 12.1 Å². The molecule has 1 aliphatic rings. The van der Waals surface area contributed by atoms with Gasteiger partial charge in [-0.25, -0.2) is 0 Å². The zero-order valence-electron chi connectivity index (χ0n) is 14.0. The van der Waals surface area contributed by atoms with Gasteiger partial charge in [-0.2, -0.15) is 18.3 Å². The number of ether oxygens (including phenoxy) is 1. The largest absolute Gasteiger partial charge is 0.489 e. The lowest BCUT2D eigenvalue weighted by Gasteiger charge is -2.18. The van der Waals surface area contributed by atoms with Crippen LogP contribution < -0.4 is 10.1 Å². The summed E-state index contributed by atoms with van der Waals surface area (Å²) in [6, 6.07) is 11.4. The van der Waals surface area contributed by atoms with Gasteiger partial charge in [0.25, 0.3) is 0 Å². The number of fused-ring (bicyclic) bond motifs is 2. The Hall–Kier alpha value is -2.54. The highest BCUT2D eigenvalue weighted by Crippen LogP contribution is 2.24. The third-order valence-corrected chi connectivity index (χ3v) is 4.51. The van der Waals surface area contributed by atoms with Gasteiger partial charge >= 0.3 is 6.18 Å². The van der Waals surface area contributed by atoms with Crippen LogP contribution >= 0.6 is 0 Å². The molecule has 2 heterocycles. The van der Waals surface area contributed by atoms with Gasteiger partial charge in [-0.05, 0) is 47.9 Å². The van der Waals surface area contributed by atoms with E-state index in [0.29, 0.717) is 17.5 Å². The van der Waals surface area contributed by atoms with Crippen molar-refractivity contribution in [2.45, 2.75) is 32.3 Å². The predicted molar refractivity (Wildman–Crippen MR) is 92.0 cm³/mol. The van der Waals surface area contributed by atoms with E-state index in [9.17, 15) is 13.2 Å². The minimum absolute atomic E-state index is 0.291. The predicted octanol–water partition coefficient (Wildman–Crippen LogP) is 3.82. The lowest BCUT2D eigenvalue weighted by Crippen LogP contribution is -2.23. The fourth-order valence-electron chi connectivity index (χ4n) is 3.21. The summed E-state index contributed by atoms with van der Waals surface area (Å²) in [5, 5.41) is 7.84. The van der Waals surface area contributed by atoms with Gasteiger partial charge in [0.15, 0.2) is 0 Å². The standard InChI is InChI=1S/C19H18F3N3O/c20-19(21,22)12-25-18-7-13(1-2-15(18)10-24-25)11-26-17-4-3-14-5-6-23-9-16(14)8-17/h1-4,7-8,10,23H,5-6,9,11-12H2. The Kier molecular flexibility index (Phi) is 4.32. The number of hydrogen-bond acceptors (Lipinski definition) is 3. The Morgan fingerprint density at radius 3 is 2.85 bits per heavy atom. The number of hydrogen-bond donors (Lipinski definition) is 1. The smallest absolute Gasteiger partial charge is 0.408 e. The van der Waals surface area contributed by atoms with Crippen molar-refractivity contribution in [2.24, 2.45) is 0 Å².